The largest absolute Gasteiger partial charge is 0.393 e. The van der Waals surface area contributed by atoms with Crippen LogP contribution in [0.4, 0.5) is 8.78 Å². The number of aliphatic hydroxyl groups excluding tert-OH is 1. The summed E-state index contributed by atoms with van der Waals surface area (Å²) in [6.45, 7) is 8.97. The molecule has 5 atom stereocenters. The zero-order valence-corrected chi connectivity index (χ0v) is 21.5. The van der Waals surface area contributed by atoms with Gasteiger partial charge >= 0.3 is 0 Å². The molecule has 2 unspecified atom stereocenters. The van der Waals surface area contributed by atoms with Gasteiger partial charge in [0.25, 0.3) is 5.91 Å². The first-order valence-corrected chi connectivity index (χ1v) is 12.4. The number of carbonyl (C=O) groups is 2. The number of ketones is 1. The summed E-state index contributed by atoms with van der Waals surface area (Å²) in [6.07, 6.45) is 1.05. The predicted octanol–water partition coefficient (Wildman–Crippen LogP) is 3.62. The molecule has 3 N–H and O–H groups in total. The number of rotatable bonds is 5. The SMILES string of the molecule is C[C@@H]1CC2(Cc3ccc(CC(=O)C(C)(C)F)cc3[C@]23N=C(N)N(CC(C)(C)F)C3=O)C[C@H](C)C1O. The fourth-order valence-corrected chi connectivity index (χ4v) is 6.59. The predicted molar refractivity (Wildman–Crippen MR) is 130 cm³/mol. The molecule has 1 aromatic carbocycles. The number of aliphatic hydroxyl groups is 1. The van der Waals surface area contributed by atoms with Crippen LogP contribution >= 0.6 is 0 Å². The van der Waals surface area contributed by atoms with Crippen molar-refractivity contribution < 1.29 is 23.5 Å². The molecule has 2 spiro atoms. The minimum absolute atomic E-state index is 0.0225. The highest BCUT2D eigenvalue weighted by atomic mass is 19.1. The fourth-order valence-electron chi connectivity index (χ4n) is 6.59. The van der Waals surface area contributed by atoms with Crippen molar-refractivity contribution >= 4 is 17.6 Å². The number of fused-ring (bicyclic) bond motifs is 3. The first-order chi connectivity index (χ1) is 16.0. The molecule has 1 aliphatic heterocycles. The molecule has 6 nitrogen and oxygen atoms in total. The number of aliphatic imine (C=N–C) groups is 1. The van der Waals surface area contributed by atoms with Crippen molar-refractivity contribution in [1.82, 2.24) is 4.90 Å². The fraction of sp³-hybridized carbons (Fsp3) is 0.667. The number of hydrogen-bond acceptors (Lipinski definition) is 5. The number of carbonyl (C=O) groups excluding carboxylic acids is 2. The van der Waals surface area contributed by atoms with Gasteiger partial charge in [-0.05, 0) is 75.5 Å². The Bertz CT molecular complexity index is 1080. The molecular weight excluding hydrogens is 452 g/mol. The Morgan fingerprint density at radius 3 is 2.34 bits per heavy atom. The lowest BCUT2D eigenvalue weighted by molar-refractivity contribution is -0.142. The number of alkyl halides is 2. The Hall–Kier alpha value is -2.35. The molecular formula is C27H37F2N3O3. The number of Topliss-reactive ketones (excluding diaryl/α,β-unsaturated/α-hetero) is 1. The molecule has 3 aliphatic rings. The molecule has 0 radical (unpaired) electrons. The Kier molecular flexibility index (Phi) is 5.94. The van der Waals surface area contributed by atoms with Gasteiger partial charge in [-0.1, -0.05) is 32.0 Å². The summed E-state index contributed by atoms with van der Waals surface area (Å²) in [6, 6.07) is 5.47. The van der Waals surface area contributed by atoms with E-state index in [1.807, 2.05) is 19.9 Å². The van der Waals surface area contributed by atoms with Crippen molar-refractivity contribution in [3.63, 3.8) is 0 Å². The van der Waals surface area contributed by atoms with Crippen LogP contribution in [0.5, 0.6) is 0 Å². The number of halogens is 2. The first kappa shape index (κ1) is 25.7. The molecule has 1 aromatic rings. The Balaban J connectivity index is 1.87. The minimum Gasteiger partial charge on any atom is -0.393 e. The maximum absolute atomic E-state index is 14.7. The number of nitrogens with two attached hydrogens (primary N) is 1. The molecule has 2 aliphatic carbocycles. The molecule has 4 rings (SSSR count). The van der Waals surface area contributed by atoms with Crippen LogP contribution in [0.3, 0.4) is 0 Å². The number of benzene rings is 1. The van der Waals surface area contributed by atoms with E-state index in [-0.39, 0.29) is 36.7 Å². The lowest BCUT2D eigenvalue weighted by Gasteiger charge is -2.49. The molecule has 1 saturated carbocycles. The van der Waals surface area contributed by atoms with Gasteiger partial charge in [0.2, 0.25) is 0 Å². The highest BCUT2D eigenvalue weighted by molar-refractivity contribution is 6.08. The molecule has 0 saturated heterocycles. The number of nitrogens with zero attached hydrogens (tertiary/aromatic N) is 2. The molecule has 0 aromatic heterocycles. The van der Waals surface area contributed by atoms with Crippen molar-refractivity contribution in [2.75, 3.05) is 6.54 Å². The zero-order valence-electron chi connectivity index (χ0n) is 21.5. The van der Waals surface area contributed by atoms with Crippen LogP contribution in [-0.2, 0) is 28.0 Å². The van der Waals surface area contributed by atoms with E-state index < -0.39 is 34.2 Å². The van der Waals surface area contributed by atoms with Crippen LogP contribution < -0.4 is 5.73 Å². The summed E-state index contributed by atoms with van der Waals surface area (Å²) in [4.78, 5) is 32.7. The first-order valence-electron chi connectivity index (χ1n) is 12.4. The molecule has 35 heavy (non-hydrogen) atoms. The molecule has 1 fully saturated rings. The Labute approximate surface area is 206 Å². The summed E-state index contributed by atoms with van der Waals surface area (Å²) in [5, 5.41) is 10.7. The summed E-state index contributed by atoms with van der Waals surface area (Å²) >= 11 is 0. The zero-order chi connectivity index (χ0) is 26.1. The lowest BCUT2D eigenvalue weighted by atomic mass is 9.56. The second kappa shape index (κ2) is 8.08. The van der Waals surface area contributed by atoms with Gasteiger partial charge in [-0.15, -0.1) is 0 Å². The van der Waals surface area contributed by atoms with Gasteiger partial charge in [0.15, 0.2) is 23.0 Å². The second-order valence-corrected chi connectivity index (χ2v) is 12.2. The van der Waals surface area contributed by atoms with Crippen LogP contribution in [-0.4, -0.2) is 51.6 Å². The third-order valence-electron chi connectivity index (χ3n) is 8.13. The van der Waals surface area contributed by atoms with Gasteiger partial charge < -0.3 is 10.8 Å². The molecule has 1 amide bonds. The van der Waals surface area contributed by atoms with Crippen LogP contribution in [0.15, 0.2) is 23.2 Å². The van der Waals surface area contributed by atoms with Crippen LogP contribution in [0.1, 0.15) is 71.1 Å². The van der Waals surface area contributed by atoms with E-state index in [9.17, 15) is 23.5 Å². The van der Waals surface area contributed by atoms with E-state index in [1.54, 1.807) is 12.1 Å². The van der Waals surface area contributed by atoms with Gasteiger partial charge in [0, 0.05) is 11.8 Å². The highest BCUT2D eigenvalue weighted by Crippen LogP contribution is 2.63. The van der Waals surface area contributed by atoms with Crippen molar-refractivity contribution in [2.24, 2.45) is 28.0 Å². The van der Waals surface area contributed by atoms with Crippen molar-refractivity contribution in [1.29, 1.82) is 0 Å². The lowest BCUT2D eigenvalue weighted by Crippen LogP contribution is -2.56. The Morgan fingerprint density at radius 2 is 1.80 bits per heavy atom. The molecule has 8 heteroatoms. The van der Waals surface area contributed by atoms with Gasteiger partial charge in [-0.25, -0.2) is 13.8 Å². The number of guanidine groups is 1. The van der Waals surface area contributed by atoms with E-state index in [0.717, 1.165) is 5.56 Å². The van der Waals surface area contributed by atoms with Crippen molar-refractivity contribution in [2.45, 2.75) is 90.2 Å². The molecule has 1 heterocycles. The topological polar surface area (TPSA) is 96.0 Å². The number of hydrogen-bond donors (Lipinski definition) is 2. The van der Waals surface area contributed by atoms with Gasteiger partial charge in [0.05, 0.1) is 12.6 Å². The molecule has 0 bridgehead atoms. The minimum atomic E-state index is -1.97. The second-order valence-electron chi connectivity index (χ2n) is 12.2. The van der Waals surface area contributed by atoms with Gasteiger partial charge in [0.1, 0.15) is 5.67 Å². The summed E-state index contributed by atoms with van der Waals surface area (Å²) in [5.74, 6) is -1.09. The summed E-state index contributed by atoms with van der Waals surface area (Å²) in [7, 11) is 0. The summed E-state index contributed by atoms with van der Waals surface area (Å²) < 4.78 is 28.9. The van der Waals surface area contributed by atoms with E-state index in [2.05, 4.69) is 0 Å². The van der Waals surface area contributed by atoms with Crippen LogP contribution in [0, 0.1) is 17.3 Å². The monoisotopic (exact) mass is 489 g/mol. The standard InChI is InChI=1S/C27H37F2N3O3/c1-15-11-26(12-16(2)21(15)34)13-18-8-7-17(10-20(33)25(5,6)29)9-19(18)27(26)22(35)32(23(30)31-27)14-24(3,4)28/h7-9,15-16,21,34H,10-14H2,1-6H3,(H2,30,31)/t15-,16+,21?,26?,27-/m1/s1. The quantitative estimate of drug-likeness (QED) is 0.660. The van der Waals surface area contributed by atoms with Crippen LogP contribution in [0.2, 0.25) is 0 Å². The van der Waals surface area contributed by atoms with Crippen molar-refractivity contribution in [3.05, 3.63) is 34.9 Å². The third-order valence-corrected chi connectivity index (χ3v) is 8.13. The van der Waals surface area contributed by atoms with Crippen molar-refractivity contribution in [3.8, 4) is 0 Å². The Morgan fingerprint density at radius 1 is 1.20 bits per heavy atom. The average Bonchev–Trinajstić information content (AvgIpc) is 3.11. The number of amides is 1. The molecule has 192 valence electrons. The van der Waals surface area contributed by atoms with E-state index >= 15 is 0 Å². The smallest absolute Gasteiger partial charge is 0.262 e. The van der Waals surface area contributed by atoms with E-state index in [0.29, 0.717) is 30.4 Å². The van der Waals surface area contributed by atoms with Crippen LogP contribution in [0.25, 0.3) is 0 Å². The average molecular weight is 490 g/mol. The maximum atomic E-state index is 14.7. The van der Waals surface area contributed by atoms with Gasteiger partial charge in [-0.2, -0.15) is 0 Å². The third kappa shape index (κ3) is 4.07. The van der Waals surface area contributed by atoms with E-state index in [4.69, 9.17) is 10.7 Å². The maximum Gasteiger partial charge on any atom is 0.262 e. The van der Waals surface area contributed by atoms with E-state index in [1.165, 1.54) is 32.6 Å². The highest BCUT2D eigenvalue weighted by Gasteiger charge is 2.68. The normalized spacial score (nSPS) is 32.9. The van der Waals surface area contributed by atoms with Gasteiger partial charge in [-0.3, -0.25) is 14.5 Å². The summed E-state index contributed by atoms with van der Waals surface area (Å²) in [5.41, 5.74) is 2.78.